The maximum Gasteiger partial charge on any atom is 0.255 e. The molecule has 0 aliphatic heterocycles. The molecule has 1 heterocycles. The number of aromatic amines is 1. The van der Waals surface area contributed by atoms with Gasteiger partial charge in [-0.3, -0.25) is 9.89 Å². The van der Waals surface area contributed by atoms with E-state index >= 15 is 0 Å². The summed E-state index contributed by atoms with van der Waals surface area (Å²) in [6.07, 6.45) is 3.15. The molecule has 0 radical (unpaired) electrons. The van der Waals surface area contributed by atoms with Crippen molar-refractivity contribution in [1.82, 2.24) is 15.5 Å². The number of nitrogens with zero attached hydrogens (tertiary/aromatic N) is 1. The van der Waals surface area contributed by atoms with E-state index in [4.69, 9.17) is 18.0 Å². The number of nitrogens with two attached hydrogens (primary N) is 1. The molecule has 16 heavy (non-hydrogen) atoms. The van der Waals surface area contributed by atoms with E-state index in [1.165, 1.54) is 6.20 Å². The summed E-state index contributed by atoms with van der Waals surface area (Å²) in [6, 6.07) is -0.248. The summed E-state index contributed by atoms with van der Waals surface area (Å²) in [6.45, 7) is 3.80. The van der Waals surface area contributed by atoms with Gasteiger partial charge in [0.15, 0.2) is 0 Å². The summed E-state index contributed by atoms with van der Waals surface area (Å²) < 4.78 is 0. The molecular formula is C10H16N4OS. The molecule has 6 heteroatoms. The summed E-state index contributed by atoms with van der Waals surface area (Å²) in [7, 11) is 0. The Morgan fingerprint density at radius 1 is 1.75 bits per heavy atom. The number of aryl methyl sites for hydroxylation is 1. The van der Waals surface area contributed by atoms with Gasteiger partial charge in [-0.05, 0) is 13.3 Å². The Labute approximate surface area is 99.8 Å². The highest BCUT2D eigenvalue weighted by molar-refractivity contribution is 7.80. The minimum atomic E-state index is -0.248. The van der Waals surface area contributed by atoms with Gasteiger partial charge >= 0.3 is 0 Å². The summed E-state index contributed by atoms with van der Waals surface area (Å²) >= 11 is 4.90. The van der Waals surface area contributed by atoms with Crippen LogP contribution in [0.1, 0.15) is 35.8 Å². The van der Waals surface area contributed by atoms with E-state index in [0.717, 1.165) is 18.5 Å². The molecule has 1 atom stereocenters. The van der Waals surface area contributed by atoms with Crippen molar-refractivity contribution < 1.29 is 4.79 Å². The number of rotatable bonds is 5. The van der Waals surface area contributed by atoms with Crippen molar-refractivity contribution in [2.75, 3.05) is 0 Å². The fourth-order valence-corrected chi connectivity index (χ4v) is 1.57. The molecule has 0 saturated heterocycles. The lowest BCUT2D eigenvalue weighted by molar-refractivity contribution is 0.0945. The van der Waals surface area contributed by atoms with E-state index in [-0.39, 0.29) is 11.9 Å². The van der Waals surface area contributed by atoms with E-state index in [0.29, 0.717) is 10.6 Å². The van der Waals surface area contributed by atoms with Crippen molar-refractivity contribution in [2.24, 2.45) is 5.73 Å². The van der Waals surface area contributed by atoms with Crippen LogP contribution in [0.2, 0.25) is 0 Å². The van der Waals surface area contributed by atoms with Crippen molar-refractivity contribution in [1.29, 1.82) is 0 Å². The van der Waals surface area contributed by atoms with Crippen molar-refractivity contribution in [3.63, 3.8) is 0 Å². The van der Waals surface area contributed by atoms with Crippen LogP contribution in [0.25, 0.3) is 0 Å². The Kier molecular flexibility index (Phi) is 4.42. The van der Waals surface area contributed by atoms with Crippen LogP contribution >= 0.6 is 12.2 Å². The van der Waals surface area contributed by atoms with E-state index < -0.39 is 0 Å². The molecule has 1 unspecified atom stereocenters. The molecule has 0 fully saturated rings. The van der Waals surface area contributed by atoms with Crippen LogP contribution in [0.5, 0.6) is 0 Å². The molecule has 1 aromatic heterocycles. The highest BCUT2D eigenvalue weighted by atomic mass is 32.1. The average molecular weight is 240 g/mol. The van der Waals surface area contributed by atoms with Gasteiger partial charge in [0.1, 0.15) is 0 Å². The van der Waals surface area contributed by atoms with Crippen molar-refractivity contribution >= 4 is 23.1 Å². The normalized spacial score (nSPS) is 12.1. The van der Waals surface area contributed by atoms with Gasteiger partial charge in [-0.25, -0.2) is 0 Å². The first-order valence-corrected chi connectivity index (χ1v) is 5.57. The number of thiocarbonyl (C=S) groups is 1. The molecule has 1 rings (SSSR count). The molecule has 0 saturated carbocycles. The van der Waals surface area contributed by atoms with Gasteiger partial charge in [0, 0.05) is 5.69 Å². The first kappa shape index (κ1) is 12.6. The number of carbonyl (C=O) groups is 1. The largest absolute Gasteiger partial charge is 0.392 e. The number of H-pyrrole nitrogens is 1. The van der Waals surface area contributed by atoms with Gasteiger partial charge in [0.05, 0.1) is 22.8 Å². The molecule has 0 spiro atoms. The zero-order valence-electron chi connectivity index (χ0n) is 9.41. The lowest BCUT2D eigenvalue weighted by Crippen LogP contribution is -2.43. The van der Waals surface area contributed by atoms with Crippen molar-refractivity contribution in [2.45, 2.75) is 32.7 Å². The third-order valence-electron chi connectivity index (χ3n) is 2.30. The second-order valence-corrected chi connectivity index (χ2v) is 4.10. The summed E-state index contributed by atoms with van der Waals surface area (Å²) in [5.41, 5.74) is 6.81. The number of aromatic nitrogens is 2. The number of hydrogen-bond donors (Lipinski definition) is 3. The quantitative estimate of drug-likeness (QED) is 0.668. The minimum Gasteiger partial charge on any atom is -0.392 e. The van der Waals surface area contributed by atoms with Crippen LogP contribution in [0, 0.1) is 6.92 Å². The predicted octanol–water partition coefficient (Wildman–Crippen LogP) is 0.903. The van der Waals surface area contributed by atoms with Crippen LogP contribution in [-0.4, -0.2) is 27.1 Å². The second kappa shape index (κ2) is 5.60. The highest BCUT2D eigenvalue weighted by Gasteiger charge is 2.17. The van der Waals surface area contributed by atoms with Crippen LogP contribution in [0.4, 0.5) is 0 Å². The minimum absolute atomic E-state index is 0.197. The number of nitrogens with one attached hydrogen (secondary N) is 2. The maximum absolute atomic E-state index is 11.8. The Balaban J connectivity index is 2.69. The van der Waals surface area contributed by atoms with Gasteiger partial charge in [-0.1, -0.05) is 25.6 Å². The average Bonchev–Trinajstić information content (AvgIpc) is 2.63. The fourth-order valence-electron chi connectivity index (χ4n) is 1.39. The third-order valence-corrected chi connectivity index (χ3v) is 2.59. The highest BCUT2D eigenvalue weighted by Crippen LogP contribution is 2.04. The predicted molar refractivity (Wildman–Crippen MR) is 66.3 cm³/mol. The van der Waals surface area contributed by atoms with Gasteiger partial charge < -0.3 is 11.1 Å². The molecule has 1 aromatic rings. The van der Waals surface area contributed by atoms with Gasteiger partial charge in [0.2, 0.25) is 0 Å². The van der Waals surface area contributed by atoms with Crippen LogP contribution < -0.4 is 11.1 Å². The molecule has 88 valence electrons. The lowest BCUT2D eigenvalue weighted by Gasteiger charge is -2.16. The van der Waals surface area contributed by atoms with Crippen LogP contribution in [0.3, 0.4) is 0 Å². The molecule has 5 nitrogen and oxygen atoms in total. The van der Waals surface area contributed by atoms with Gasteiger partial charge in [0.25, 0.3) is 5.91 Å². The summed E-state index contributed by atoms with van der Waals surface area (Å²) in [5.74, 6) is -0.197. The van der Waals surface area contributed by atoms with Crippen molar-refractivity contribution in [3.8, 4) is 0 Å². The molecule has 0 aromatic carbocycles. The third kappa shape index (κ3) is 3.03. The Bertz CT molecular complexity index is 388. The standard InChI is InChI=1S/C10H16N4OS/c1-3-4-8(9(11)16)13-10(15)7-5-12-14-6(7)2/h5,8H,3-4H2,1-2H3,(H2,11,16)(H,12,14)(H,13,15). The van der Waals surface area contributed by atoms with Crippen LogP contribution in [-0.2, 0) is 0 Å². The molecule has 0 bridgehead atoms. The zero-order chi connectivity index (χ0) is 12.1. The Morgan fingerprint density at radius 2 is 2.44 bits per heavy atom. The zero-order valence-corrected chi connectivity index (χ0v) is 10.2. The molecule has 0 aliphatic carbocycles. The van der Waals surface area contributed by atoms with Gasteiger partial charge in [-0.15, -0.1) is 0 Å². The van der Waals surface area contributed by atoms with Crippen LogP contribution in [0.15, 0.2) is 6.20 Å². The Hall–Kier alpha value is -1.43. The lowest BCUT2D eigenvalue weighted by atomic mass is 10.1. The SMILES string of the molecule is CCCC(NC(=O)c1cn[nH]c1C)C(N)=S. The topological polar surface area (TPSA) is 83.8 Å². The summed E-state index contributed by atoms with van der Waals surface area (Å²) in [5, 5.41) is 9.30. The van der Waals surface area contributed by atoms with E-state index in [1.807, 2.05) is 6.92 Å². The Morgan fingerprint density at radius 3 is 2.88 bits per heavy atom. The van der Waals surface area contributed by atoms with E-state index in [9.17, 15) is 4.79 Å². The molecule has 4 N–H and O–H groups in total. The number of hydrogen-bond acceptors (Lipinski definition) is 3. The molecule has 1 amide bonds. The monoisotopic (exact) mass is 240 g/mol. The fraction of sp³-hybridized carbons (Fsp3) is 0.500. The van der Waals surface area contributed by atoms with Gasteiger partial charge in [-0.2, -0.15) is 5.10 Å². The number of amides is 1. The molecule has 0 aliphatic rings. The first-order valence-electron chi connectivity index (χ1n) is 5.16. The molecular weight excluding hydrogens is 224 g/mol. The number of carbonyl (C=O) groups excluding carboxylic acids is 1. The maximum atomic E-state index is 11.8. The smallest absolute Gasteiger partial charge is 0.255 e. The van der Waals surface area contributed by atoms with Crippen molar-refractivity contribution in [3.05, 3.63) is 17.5 Å². The van der Waals surface area contributed by atoms with E-state index in [1.54, 1.807) is 6.92 Å². The second-order valence-electron chi connectivity index (χ2n) is 3.63. The summed E-state index contributed by atoms with van der Waals surface area (Å²) in [4.78, 5) is 12.1. The first-order chi connectivity index (χ1) is 7.56. The van der Waals surface area contributed by atoms with E-state index in [2.05, 4.69) is 15.5 Å².